The highest BCUT2D eigenvalue weighted by Gasteiger charge is 2.03. The van der Waals surface area contributed by atoms with Crippen LogP contribution in [0.5, 0.6) is 0 Å². The summed E-state index contributed by atoms with van der Waals surface area (Å²) >= 11 is 3.39. The SMILES string of the molecule is CNc1cccn2cnc(Br)c12. The molecule has 0 saturated heterocycles. The number of hydrogen-bond donors (Lipinski definition) is 1. The number of imidazole rings is 1. The molecule has 1 N–H and O–H groups in total. The second kappa shape index (κ2) is 2.79. The minimum absolute atomic E-state index is 0.868. The van der Waals surface area contributed by atoms with E-state index in [-0.39, 0.29) is 0 Å². The van der Waals surface area contributed by atoms with Crippen molar-refractivity contribution in [3.05, 3.63) is 29.3 Å². The van der Waals surface area contributed by atoms with Gasteiger partial charge in [0.2, 0.25) is 0 Å². The first kappa shape index (κ1) is 7.61. The van der Waals surface area contributed by atoms with Gasteiger partial charge >= 0.3 is 0 Å². The summed E-state index contributed by atoms with van der Waals surface area (Å²) in [6, 6.07) is 3.99. The molecule has 3 nitrogen and oxygen atoms in total. The van der Waals surface area contributed by atoms with Crippen molar-refractivity contribution in [3.8, 4) is 0 Å². The topological polar surface area (TPSA) is 29.3 Å². The minimum atomic E-state index is 0.868. The largest absolute Gasteiger partial charge is 0.386 e. The Hall–Kier alpha value is -1.03. The summed E-state index contributed by atoms with van der Waals surface area (Å²) in [5.74, 6) is 0. The van der Waals surface area contributed by atoms with Crippen molar-refractivity contribution in [2.75, 3.05) is 12.4 Å². The average Bonchev–Trinajstić information content (AvgIpc) is 2.48. The molecule has 2 aromatic rings. The van der Waals surface area contributed by atoms with Crippen LogP contribution in [0.25, 0.3) is 5.52 Å². The Morgan fingerprint density at radius 1 is 1.58 bits per heavy atom. The molecule has 0 saturated carbocycles. The Labute approximate surface area is 78.6 Å². The lowest BCUT2D eigenvalue weighted by Gasteiger charge is -2.02. The first-order chi connectivity index (χ1) is 5.83. The van der Waals surface area contributed by atoms with Gasteiger partial charge in [-0.2, -0.15) is 0 Å². The molecular formula is C8H8BrN3. The van der Waals surface area contributed by atoms with Crippen molar-refractivity contribution >= 4 is 27.1 Å². The Balaban J connectivity index is 2.84. The number of nitrogens with one attached hydrogen (secondary N) is 1. The van der Waals surface area contributed by atoms with E-state index >= 15 is 0 Å². The quantitative estimate of drug-likeness (QED) is 0.807. The summed E-state index contributed by atoms with van der Waals surface area (Å²) in [5.41, 5.74) is 2.14. The predicted molar refractivity (Wildman–Crippen MR) is 52.4 cm³/mol. The van der Waals surface area contributed by atoms with E-state index in [0.717, 1.165) is 15.8 Å². The third-order valence-electron chi connectivity index (χ3n) is 1.78. The van der Waals surface area contributed by atoms with Crippen LogP contribution in [-0.2, 0) is 0 Å². The number of rotatable bonds is 1. The smallest absolute Gasteiger partial charge is 0.134 e. The van der Waals surface area contributed by atoms with Crippen LogP contribution in [0.3, 0.4) is 0 Å². The molecule has 2 aromatic heterocycles. The molecule has 0 aliphatic carbocycles. The van der Waals surface area contributed by atoms with Gasteiger partial charge in [0.25, 0.3) is 0 Å². The molecule has 0 aliphatic rings. The fourth-order valence-electron chi connectivity index (χ4n) is 1.21. The van der Waals surface area contributed by atoms with Gasteiger partial charge in [0, 0.05) is 13.2 Å². The van der Waals surface area contributed by atoms with Crippen LogP contribution >= 0.6 is 15.9 Å². The normalized spacial score (nSPS) is 10.5. The highest BCUT2D eigenvalue weighted by atomic mass is 79.9. The lowest BCUT2D eigenvalue weighted by Crippen LogP contribution is -1.91. The number of nitrogens with zero attached hydrogens (tertiary/aromatic N) is 2. The number of aromatic nitrogens is 2. The Morgan fingerprint density at radius 2 is 2.42 bits per heavy atom. The summed E-state index contributed by atoms with van der Waals surface area (Å²) < 4.78 is 2.84. The number of anilines is 1. The molecule has 0 fully saturated rings. The van der Waals surface area contributed by atoms with Crippen LogP contribution in [0.15, 0.2) is 29.3 Å². The van der Waals surface area contributed by atoms with E-state index in [9.17, 15) is 0 Å². The monoisotopic (exact) mass is 225 g/mol. The van der Waals surface area contributed by atoms with Gasteiger partial charge in [-0.1, -0.05) is 0 Å². The first-order valence-electron chi connectivity index (χ1n) is 3.62. The molecule has 0 amide bonds. The van der Waals surface area contributed by atoms with Gasteiger partial charge in [-0.05, 0) is 28.1 Å². The first-order valence-corrected chi connectivity index (χ1v) is 4.41. The molecule has 0 spiro atoms. The van der Waals surface area contributed by atoms with E-state index in [2.05, 4.69) is 26.2 Å². The zero-order valence-electron chi connectivity index (χ0n) is 6.58. The Morgan fingerprint density at radius 3 is 3.17 bits per heavy atom. The van der Waals surface area contributed by atoms with E-state index in [0.29, 0.717) is 0 Å². The standard InChI is InChI=1S/C8H8BrN3/c1-10-6-3-2-4-12-5-11-8(9)7(6)12/h2-5,10H,1H3. The number of hydrogen-bond acceptors (Lipinski definition) is 2. The number of pyridine rings is 1. The molecule has 62 valence electrons. The third kappa shape index (κ3) is 0.992. The third-order valence-corrected chi connectivity index (χ3v) is 2.36. The summed E-state index contributed by atoms with van der Waals surface area (Å²) in [6.07, 6.45) is 3.74. The summed E-state index contributed by atoms with van der Waals surface area (Å²) in [5, 5.41) is 3.11. The maximum atomic E-state index is 4.14. The Kier molecular flexibility index (Phi) is 1.77. The maximum Gasteiger partial charge on any atom is 0.134 e. The highest BCUT2D eigenvalue weighted by molar-refractivity contribution is 9.10. The van der Waals surface area contributed by atoms with Crippen molar-refractivity contribution in [2.24, 2.45) is 0 Å². The molecule has 2 heterocycles. The molecular weight excluding hydrogens is 218 g/mol. The fourth-order valence-corrected chi connectivity index (χ4v) is 1.72. The zero-order valence-corrected chi connectivity index (χ0v) is 8.17. The van der Waals surface area contributed by atoms with E-state index in [4.69, 9.17) is 0 Å². The number of halogens is 1. The van der Waals surface area contributed by atoms with Gasteiger partial charge in [0.15, 0.2) is 0 Å². The van der Waals surface area contributed by atoms with Crippen LogP contribution < -0.4 is 5.32 Å². The van der Waals surface area contributed by atoms with E-state index in [1.54, 1.807) is 6.33 Å². The van der Waals surface area contributed by atoms with Crippen LogP contribution in [-0.4, -0.2) is 16.4 Å². The minimum Gasteiger partial charge on any atom is -0.386 e. The molecule has 2 rings (SSSR count). The number of fused-ring (bicyclic) bond motifs is 1. The second-order valence-corrected chi connectivity index (χ2v) is 3.21. The summed E-state index contributed by atoms with van der Waals surface area (Å²) in [7, 11) is 1.90. The van der Waals surface area contributed by atoms with Gasteiger partial charge in [-0.25, -0.2) is 4.98 Å². The molecule has 12 heavy (non-hydrogen) atoms. The molecule has 0 atom stereocenters. The molecule has 0 aromatic carbocycles. The van der Waals surface area contributed by atoms with Crippen LogP contribution in [0.2, 0.25) is 0 Å². The second-order valence-electron chi connectivity index (χ2n) is 2.46. The van der Waals surface area contributed by atoms with Crippen LogP contribution in [0.1, 0.15) is 0 Å². The van der Waals surface area contributed by atoms with Gasteiger partial charge in [0.05, 0.1) is 5.69 Å². The van der Waals surface area contributed by atoms with Crippen molar-refractivity contribution in [1.82, 2.24) is 9.38 Å². The lowest BCUT2D eigenvalue weighted by atomic mass is 10.3. The van der Waals surface area contributed by atoms with Crippen molar-refractivity contribution in [3.63, 3.8) is 0 Å². The molecule has 0 aliphatic heterocycles. The van der Waals surface area contributed by atoms with Crippen LogP contribution in [0, 0.1) is 0 Å². The average molecular weight is 226 g/mol. The van der Waals surface area contributed by atoms with Gasteiger partial charge < -0.3 is 9.72 Å². The van der Waals surface area contributed by atoms with Gasteiger partial charge in [0.1, 0.15) is 16.4 Å². The summed E-state index contributed by atoms with van der Waals surface area (Å²) in [6.45, 7) is 0. The maximum absolute atomic E-state index is 4.14. The van der Waals surface area contributed by atoms with Crippen molar-refractivity contribution in [2.45, 2.75) is 0 Å². The van der Waals surface area contributed by atoms with Crippen LogP contribution in [0.4, 0.5) is 5.69 Å². The molecule has 0 radical (unpaired) electrons. The molecule has 4 heteroatoms. The van der Waals surface area contributed by atoms with E-state index < -0.39 is 0 Å². The van der Waals surface area contributed by atoms with E-state index in [1.165, 1.54) is 0 Å². The van der Waals surface area contributed by atoms with Gasteiger partial charge in [-0.3, -0.25) is 0 Å². The highest BCUT2D eigenvalue weighted by Crippen LogP contribution is 2.23. The van der Waals surface area contributed by atoms with Crippen molar-refractivity contribution in [1.29, 1.82) is 0 Å². The van der Waals surface area contributed by atoms with Crippen molar-refractivity contribution < 1.29 is 0 Å². The van der Waals surface area contributed by atoms with E-state index in [1.807, 2.05) is 29.8 Å². The zero-order chi connectivity index (χ0) is 8.55. The molecule has 0 bridgehead atoms. The summed E-state index contributed by atoms with van der Waals surface area (Å²) in [4.78, 5) is 4.14. The predicted octanol–water partition coefficient (Wildman–Crippen LogP) is 2.14. The fraction of sp³-hybridized carbons (Fsp3) is 0.125. The van der Waals surface area contributed by atoms with Gasteiger partial charge in [-0.15, -0.1) is 0 Å². The lowest BCUT2D eigenvalue weighted by molar-refractivity contribution is 1.15. The Bertz CT molecular complexity index is 408. The molecule has 0 unspecified atom stereocenters.